The van der Waals surface area contributed by atoms with Crippen LogP contribution in [0.4, 0.5) is 0 Å². The van der Waals surface area contributed by atoms with Crippen molar-refractivity contribution in [3.63, 3.8) is 0 Å². The van der Waals surface area contributed by atoms with Gasteiger partial charge in [0.2, 0.25) is 0 Å². The van der Waals surface area contributed by atoms with E-state index in [9.17, 15) is 0 Å². The molecule has 3 rings (SSSR count). The van der Waals surface area contributed by atoms with Crippen molar-refractivity contribution in [1.82, 2.24) is 14.8 Å². The van der Waals surface area contributed by atoms with Gasteiger partial charge in [-0.3, -0.25) is 0 Å². The van der Waals surface area contributed by atoms with Crippen LogP contribution < -0.4 is 0 Å². The highest BCUT2D eigenvalue weighted by Gasteiger charge is 2.53. The first-order chi connectivity index (χ1) is 8.93. The molecule has 19 heavy (non-hydrogen) atoms. The maximum atomic E-state index is 4.38. The molecule has 0 unspecified atom stereocenters. The molecule has 0 bridgehead atoms. The molecule has 0 N–H and O–H groups in total. The summed E-state index contributed by atoms with van der Waals surface area (Å²) in [5.41, 5.74) is 1.71. The average molecular weight is 320 g/mol. The van der Waals surface area contributed by atoms with E-state index in [0.717, 1.165) is 23.1 Å². The lowest BCUT2D eigenvalue weighted by atomic mass is 9.51. The molecule has 0 atom stereocenters. The van der Waals surface area contributed by atoms with Gasteiger partial charge in [0, 0.05) is 11.5 Å². The van der Waals surface area contributed by atoms with Crippen LogP contribution in [0.25, 0.3) is 0 Å². The molecule has 1 aliphatic rings. The number of hydrogen-bond acceptors (Lipinski definition) is 2. The Kier molecular flexibility index (Phi) is 2.82. The summed E-state index contributed by atoms with van der Waals surface area (Å²) in [7, 11) is 2.03. The van der Waals surface area contributed by atoms with Crippen LogP contribution in [0.5, 0.6) is 0 Å². The van der Waals surface area contributed by atoms with Crippen molar-refractivity contribution in [3.8, 4) is 0 Å². The fourth-order valence-corrected chi connectivity index (χ4v) is 3.98. The maximum Gasteiger partial charge on any atom is 0.143 e. The van der Waals surface area contributed by atoms with Crippen molar-refractivity contribution in [2.75, 3.05) is 0 Å². The van der Waals surface area contributed by atoms with Crippen molar-refractivity contribution in [2.24, 2.45) is 12.5 Å². The van der Waals surface area contributed by atoms with Crippen LogP contribution in [0.2, 0.25) is 0 Å². The zero-order valence-corrected chi connectivity index (χ0v) is 13.1. The smallest absolute Gasteiger partial charge is 0.143 e. The number of hydrogen-bond donors (Lipinski definition) is 0. The van der Waals surface area contributed by atoms with Crippen molar-refractivity contribution in [2.45, 2.75) is 32.1 Å². The Morgan fingerprint density at radius 1 is 1.26 bits per heavy atom. The van der Waals surface area contributed by atoms with E-state index in [-0.39, 0.29) is 5.41 Å². The summed E-state index contributed by atoms with van der Waals surface area (Å²) in [4.78, 5) is 0. The van der Waals surface area contributed by atoms with Crippen LogP contribution in [-0.2, 0) is 12.5 Å². The van der Waals surface area contributed by atoms with Gasteiger partial charge < -0.3 is 4.57 Å². The van der Waals surface area contributed by atoms with E-state index in [1.54, 1.807) is 6.33 Å². The van der Waals surface area contributed by atoms with Crippen LogP contribution in [0.1, 0.15) is 38.1 Å². The fourth-order valence-electron chi connectivity index (χ4n) is 3.58. The van der Waals surface area contributed by atoms with Crippen LogP contribution >= 0.6 is 15.9 Å². The van der Waals surface area contributed by atoms with Crippen LogP contribution in [0, 0.1) is 5.41 Å². The minimum absolute atomic E-state index is 0.0124. The van der Waals surface area contributed by atoms with E-state index in [1.807, 2.05) is 7.05 Å². The molecule has 2 aromatic rings. The van der Waals surface area contributed by atoms with E-state index < -0.39 is 0 Å². The molecule has 0 saturated heterocycles. The number of aromatic nitrogens is 3. The molecule has 1 fully saturated rings. The summed E-state index contributed by atoms with van der Waals surface area (Å²) in [6.45, 7) is 4.64. The summed E-state index contributed by atoms with van der Waals surface area (Å²) >= 11 is 3.58. The van der Waals surface area contributed by atoms with Crippen LogP contribution in [-0.4, -0.2) is 14.8 Å². The molecular weight excluding hydrogens is 302 g/mol. The zero-order valence-electron chi connectivity index (χ0n) is 11.5. The van der Waals surface area contributed by atoms with Crippen molar-refractivity contribution >= 4 is 15.9 Å². The summed E-state index contributed by atoms with van der Waals surface area (Å²) < 4.78 is 3.17. The van der Waals surface area contributed by atoms with Gasteiger partial charge in [0.25, 0.3) is 0 Å². The molecule has 0 amide bonds. The first-order valence-corrected chi connectivity index (χ1v) is 7.33. The van der Waals surface area contributed by atoms with E-state index >= 15 is 0 Å². The minimum Gasteiger partial charge on any atom is -0.320 e. The second-order valence-electron chi connectivity index (χ2n) is 6.38. The van der Waals surface area contributed by atoms with E-state index in [0.29, 0.717) is 5.41 Å². The number of aryl methyl sites for hydroxylation is 1. The third kappa shape index (κ3) is 2.02. The Hall–Kier alpha value is -1.16. The molecular formula is C15H18BrN3. The van der Waals surface area contributed by atoms with Gasteiger partial charge in [-0.2, -0.15) is 0 Å². The monoisotopic (exact) mass is 319 g/mol. The van der Waals surface area contributed by atoms with Crippen LogP contribution in [0.3, 0.4) is 0 Å². The van der Waals surface area contributed by atoms with E-state index in [1.165, 1.54) is 5.56 Å². The topological polar surface area (TPSA) is 30.7 Å². The summed E-state index contributed by atoms with van der Waals surface area (Å²) in [6.07, 6.45) is 4.02. The SMILES string of the molecule is Cn1cnnc1C1(c2cccc(Br)c2)CC(C)(C)C1. The lowest BCUT2D eigenvalue weighted by Crippen LogP contribution is -2.48. The quantitative estimate of drug-likeness (QED) is 0.845. The second-order valence-corrected chi connectivity index (χ2v) is 7.29. The van der Waals surface area contributed by atoms with Gasteiger partial charge >= 0.3 is 0 Å². The van der Waals surface area contributed by atoms with Gasteiger partial charge in [-0.25, -0.2) is 0 Å². The van der Waals surface area contributed by atoms with E-state index in [4.69, 9.17) is 0 Å². The maximum absolute atomic E-state index is 4.38. The average Bonchev–Trinajstić information content (AvgIpc) is 2.72. The zero-order chi connectivity index (χ0) is 13.7. The Morgan fingerprint density at radius 3 is 2.53 bits per heavy atom. The first-order valence-electron chi connectivity index (χ1n) is 6.54. The van der Waals surface area contributed by atoms with Crippen molar-refractivity contribution < 1.29 is 0 Å². The molecule has 0 radical (unpaired) electrons. The Bertz CT molecular complexity index is 607. The minimum atomic E-state index is 0.0124. The standard InChI is InChI=1S/C15H18BrN3/c1-14(2)8-15(9-14,13-18-17-10-19(13)3)11-5-4-6-12(16)7-11/h4-7,10H,8-9H2,1-3H3. The summed E-state index contributed by atoms with van der Waals surface area (Å²) in [5, 5.41) is 8.45. The van der Waals surface area contributed by atoms with Crippen molar-refractivity contribution in [3.05, 3.63) is 46.5 Å². The second kappa shape index (κ2) is 4.17. The fraction of sp³-hybridized carbons (Fsp3) is 0.467. The van der Waals surface area contributed by atoms with Gasteiger partial charge in [0.1, 0.15) is 12.2 Å². The first kappa shape index (κ1) is 12.9. The van der Waals surface area contributed by atoms with E-state index in [2.05, 4.69) is 68.8 Å². The Morgan fingerprint density at radius 2 is 2.00 bits per heavy atom. The predicted octanol–water partition coefficient (Wildman–Crippen LogP) is 3.68. The normalized spacial score (nSPS) is 20.0. The van der Waals surface area contributed by atoms with Gasteiger partial charge in [-0.05, 0) is 36.0 Å². The summed E-state index contributed by atoms with van der Waals surface area (Å²) in [5.74, 6) is 1.07. The molecule has 0 aliphatic heterocycles. The molecule has 1 aliphatic carbocycles. The highest BCUT2D eigenvalue weighted by molar-refractivity contribution is 9.10. The molecule has 1 aromatic carbocycles. The van der Waals surface area contributed by atoms with Crippen molar-refractivity contribution in [1.29, 1.82) is 0 Å². The molecule has 3 nitrogen and oxygen atoms in total. The molecule has 4 heteroatoms. The molecule has 1 heterocycles. The number of rotatable bonds is 2. The predicted molar refractivity (Wildman–Crippen MR) is 78.9 cm³/mol. The highest BCUT2D eigenvalue weighted by atomic mass is 79.9. The third-order valence-electron chi connectivity index (χ3n) is 4.08. The molecule has 1 saturated carbocycles. The number of halogens is 1. The highest BCUT2D eigenvalue weighted by Crippen LogP contribution is 2.58. The van der Waals surface area contributed by atoms with Crippen LogP contribution in [0.15, 0.2) is 35.1 Å². The molecule has 100 valence electrons. The Balaban J connectivity index is 2.12. The van der Waals surface area contributed by atoms with Gasteiger partial charge in [0.15, 0.2) is 0 Å². The largest absolute Gasteiger partial charge is 0.320 e. The third-order valence-corrected chi connectivity index (χ3v) is 4.57. The van der Waals surface area contributed by atoms with Gasteiger partial charge in [0.05, 0.1) is 5.41 Å². The summed E-state index contributed by atoms with van der Waals surface area (Å²) in [6, 6.07) is 8.58. The lowest BCUT2D eigenvalue weighted by Gasteiger charge is -2.52. The number of benzene rings is 1. The van der Waals surface area contributed by atoms with Gasteiger partial charge in [-0.1, -0.05) is 41.9 Å². The lowest BCUT2D eigenvalue weighted by molar-refractivity contribution is 0.0790. The molecule has 1 aromatic heterocycles. The molecule has 0 spiro atoms. The number of nitrogens with zero attached hydrogens (tertiary/aromatic N) is 3. The van der Waals surface area contributed by atoms with Gasteiger partial charge in [-0.15, -0.1) is 10.2 Å². The Labute approximate surface area is 122 Å².